The number of nitrogens with zero attached hydrogens (tertiary/aromatic N) is 2. The second-order valence-electron chi connectivity index (χ2n) is 8.23. The van der Waals surface area contributed by atoms with Gasteiger partial charge in [0.1, 0.15) is 6.04 Å². The van der Waals surface area contributed by atoms with Crippen LogP contribution in [-0.4, -0.2) is 43.0 Å². The number of carbonyl (C=O) groups excluding carboxylic acids is 2. The molecule has 0 aromatic heterocycles. The highest BCUT2D eigenvalue weighted by Gasteiger charge is 2.61. The second-order valence-corrected chi connectivity index (χ2v) is 10.1. The number of para-hydroxylation sites is 1. The molecule has 3 atom stereocenters. The first-order chi connectivity index (χ1) is 14.3. The summed E-state index contributed by atoms with van der Waals surface area (Å²) < 4.78 is 28.3. The minimum absolute atomic E-state index is 0.0377. The van der Waals surface area contributed by atoms with Gasteiger partial charge in [0.05, 0.1) is 10.9 Å². The van der Waals surface area contributed by atoms with E-state index in [9.17, 15) is 18.0 Å². The van der Waals surface area contributed by atoms with E-state index < -0.39 is 22.1 Å². The number of β-lactam (4-membered cyclic amide) rings is 1. The van der Waals surface area contributed by atoms with Gasteiger partial charge >= 0.3 is 0 Å². The number of allylic oxidation sites excluding steroid dienone is 1. The number of benzene rings is 2. The van der Waals surface area contributed by atoms with Crippen LogP contribution in [0.15, 0.2) is 70.6 Å². The fourth-order valence-electron chi connectivity index (χ4n) is 4.94. The van der Waals surface area contributed by atoms with Crippen LogP contribution in [0.4, 0.5) is 5.69 Å². The molecule has 0 spiro atoms. The molecule has 2 heterocycles. The van der Waals surface area contributed by atoms with Crippen LogP contribution >= 0.6 is 0 Å². The molecule has 2 aromatic carbocycles. The number of carbonyl (C=O) groups is 2. The summed E-state index contributed by atoms with van der Waals surface area (Å²) in [6.45, 7) is 3.85. The molecule has 3 aliphatic rings. The highest BCUT2D eigenvalue weighted by atomic mass is 32.2. The van der Waals surface area contributed by atoms with Crippen molar-refractivity contribution < 1.29 is 18.0 Å². The molecule has 5 rings (SSSR count). The number of aryl methyl sites for hydroxylation is 1. The molecule has 30 heavy (non-hydrogen) atoms. The van der Waals surface area contributed by atoms with Crippen LogP contribution in [0, 0.1) is 12.8 Å². The number of Topliss-reactive ketones (excluding diaryl/α,β-unsaturated/α-hetero) is 1. The maximum Gasteiger partial charge on any atom is 0.248 e. The SMILES string of the molecule is CC1=C2[C@H](CC1=O)CN(S(=O)(=O)c1ccc(C)cc1)[C@H]1C(=O)N(c3ccccc3)[C@@H]21. The number of sulfonamides is 1. The van der Waals surface area contributed by atoms with E-state index in [-0.39, 0.29) is 29.0 Å². The van der Waals surface area contributed by atoms with Crippen LogP contribution in [0.5, 0.6) is 0 Å². The summed E-state index contributed by atoms with van der Waals surface area (Å²) in [5, 5.41) is 0. The van der Waals surface area contributed by atoms with E-state index in [1.807, 2.05) is 37.3 Å². The molecule has 1 aliphatic carbocycles. The molecule has 0 saturated carbocycles. The quantitative estimate of drug-likeness (QED) is 0.713. The Hall–Kier alpha value is -2.77. The number of ketones is 1. The molecular weight excluding hydrogens is 400 g/mol. The Morgan fingerprint density at radius 2 is 1.57 bits per heavy atom. The zero-order valence-corrected chi connectivity index (χ0v) is 17.6. The van der Waals surface area contributed by atoms with Crippen LogP contribution in [0.25, 0.3) is 0 Å². The molecule has 2 aromatic rings. The van der Waals surface area contributed by atoms with Crippen molar-refractivity contribution in [3.8, 4) is 0 Å². The normalized spacial score (nSPS) is 26.5. The molecule has 2 aliphatic heterocycles. The number of hydrogen-bond acceptors (Lipinski definition) is 4. The van der Waals surface area contributed by atoms with Gasteiger partial charge in [-0.15, -0.1) is 0 Å². The first-order valence-electron chi connectivity index (χ1n) is 10.0. The smallest absolute Gasteiger partial charge is 0.248 e. The second kappa shape index (κ2) is 6.62. The van der Waals surface area contributed by atoms with E-state index in [2.05, 4.69) is 0 Å². The zero-order chi connectivity index (χ0) is 21.2. The summed E-state index contributed by atoms with van der Waals surface area (Å²) in [4.78, 5) is 27.5. The molecule has 7 heteroatoms. The Labute approximate surface area is 175 Å². The van der Waals surface area contributed by atoms with Crippen molar-refractivity contribution in [1.82, 2.24) is 4.31 Å². The predicted molar refractivity (Wildman–Crippen MR) is 112 cm³/mol. The number of piperidine rings is 1. The summed E-state index contributed by atoms with van der Waals surface area (Å²) in [6, 6.07) is 14.6. The van der Waals surface area contributed by atoms with Gasteiger partial charge in [-0.05, 0) is 49.3 Å². The van der Waals surface area contributed by atoms with Crippen LogP contribution < -0.4 is 4.90 Å². The van der Waals surface area contributed by atoms with Crippen molar-refractivity contribution in [2.75, 3.05) is 11.4 Å². The van der Waals surface area contributed by atoms with Crippen LogP contribution in [0.3, 0.4) is 0 Å². The highest BCUT2D eigenvalue weighted by Crippen LogP contribution is 2.48. The summed E-state index contributed by atoms with van der Waals surface area (Å²) in [5.74, 6) is -0.408. The fraction of sp³-hybridized carbons (Fsp3) is 0.304. The maximum atomic E-state index is 13.5. The number of amides is 1. The molecule has 0 bridgehead atoms. The van der Waals surface area contributed by atoms with E-state index >= 15 is 0 Å². The molecule has 1 amide bonds. The first-order valence-corrected chi connectivity index (χ1v) is 11.4. The fourth-order valence-corrected chi connectivity index (χ4v) is 6.58. The Morgan fingerprint density at radius 1 is 0.900 bits per heavy atom. The van der Waals surface area contributed by atoms with Gasteiger partial charge in [-0.3, -0.25) is 9.59 Å². The molecule has 154 valence electrons. The number of anilines is 1. The Morgan fingerprint density at radius 3 is 2.23 bits per heavy atom. The molecule has 0 N–H and O–H groups in total. The molecule has 2 saturated heterocycles. The molecular formula is C23H22N2O4S. The highest BCUT2D eigenvalue weighted by molar-refractivity contribution is 7.89. The van der Waals surface area contributed by atoms with Crippen LogP contribution in [0.2, 0.25) is 0 Å². The van der Waals surface area contributed by atoms with Crippen molar-refractivity contribution in [2.24, 2.45) is 5.92 Å². The predicted octanol–water partition coefficient (Wildman–Crippen LogP) is 2.69. The van der Waals surface area contributed by atoms with Gasteiger partial charge in [-0.25, -0.2) is 8.42 Å². The van der Waals surface area contributed by atoms with Crippen LogP contribution in [0.1, 0.15) is 18.9 Å². The van der Waals surface area contributed by atoms with E-state index in [0.29, 0.717) is 12.0 Å². The van der Waals surface area contributed by atoms with Gasteiger partial charge in [0, 0.05) is 24.6 Å². The van der Waals surface area contributed by atoms with E-state index in [0.717, 1.165) is 16.8 Å². The largest absolute Gasteiger partial charge is 0.302 e. The average molecular weight is 423 g/mol. The number of rotatable bonds is 3. The third kappa shape index (κ3) is 2.62. The molecule has 6 nitrogen and oxygen atoms in total. The Bertz CT molecular complexity index is 1190. The van der Waals surface area contributed by atoms with Crippen molar-refractivity contribution >= 4 is 27.4 Å². The van der Waals surface area contributed by atoms with E-state index in [1.165, 1.54) is 4.31 Å². The van der Waals surface area contributed by atoms with Gasteiger partial charge in [0.2, 0.25) is 15.9 Å². The molecule has 2 fully saturated rings. The molecule has 0 radical (unpaired) electrons. The Balaban J connectivity index is 1.61. The lowest BCUT2D eigenvalue weighted by molar-refractivity contribution is -0.130. The zero-order valence-electron chi connectivity index (χ0n) is 16.8. The number of hydrogen-bond donors (Lipinski definition) is 0. The first kappa shape index (κ1) is 19.2. The summed E-state index contributed by atoms with van der Waals surface area (Å²) in [5.41, 5.74) is 3.28. The van der Waals surface area contributed by atoms with Gasteiger partial charge < -0.3 is 4.90 Å². The van der Waals surface area contributed by atoms with E-state index in [1.54, 1.807) is 36.1 Å². The van der Waals surface area contributed by atoms with Gasteiger partial charge in [-0.2, -0.15) is 4.31 Å². The lowest BCUT2D eigenvalue weighted by Crippen LogP contribution is -2.75. The minimum Gasteiger partial charge on any atom is -0.302 e. The summed E-state index contributed by atoms with van der Waals surface area (Å²) in [7, 11) is -3.87. The monoisotopic (exact) mass is 422 g/mol. The van der Waals surface area contributed by atoms with E-state index in [4.69, 9.17) is 0 Å². The van der Waals surface area contributed by atoms with Crippen molar-refractivity contribution in [2.45, 2.75) is 37.2 Å². The van der Waals surface area contributed by atoms with Crippen molar-refractivity contribution in [3.05, 3.63) is 71.3 Å². The Kier molecular flexibility index (Phi) is 4.24. The lowest BCUT2D eigenvalue weighted by Gasteiger charge is -2.55. The van der Waals surface area contributed by atoms with Gasteiger partial charge in [0.15, 0.2) is 5.78 Å². The van der Waals surface area contributed by atoms with Crippen molar-refractivity contribution in [1.29, 1.82) is 0 Å². The lowest BCUT2D eigenvalue weighted by atomic mass is 9.78. The summed E-state index contributed by atoms with van der Waals surface area (Å²) in [6.07, 6.45) is 0.293. The summed E-state index contributed by atoms with van der Waals surface area (Å²) >= 11 is 0. The maximum absolute atomic E-state index is 13.5. The molecule has 0 unspecified atom stereocenters. The minimum atomic E-state index is -3.87. The van der Waals surface area contributed by atoms with Gasteiger partial charge in [-0.1, -0.05) is 35.9 Å². The third-order valence-corrected chi connectivity index (χ3v) is 8.34. The van der Waals surface area contributed by atoms with Crippen LogP contribution in [-0.2, 0) is 19.6 Å². The standard InChI is InChI=1S/C23H22N2O4S/c1-14-8-10-18(11-9-14)30(28,29)24-13-16-12-19(26)15(2)20(16)21-22(24)23(27)25(21)17-6-4-3-5-7-17/h3-11,16,21-22H,12-13H2,1-2H3/t16-,21+,22-/m1/s1. The van der Waals surface area contributed by atoms with Gasteiger partial charge in [0.25, 0.3) is 0 Å². The topological polar surface area (TPSA) is 74.8 Å². The average Bonchev–Trinajstić information content (AvgIpc) is 3.01. The number of fused-ring (bicyclic) bond motifs is 3. The third-order valence-electron chi connectivity index (χ3n) is 6.48. The van der Waals surface area contributed by atoms with Crippen molar-refractivity contribution in [3.63, 3.8) is 0 Å².